The Morgan fingerprint density at radius 2 is 1.62 bits per heavy atom. The molecule has 0 spiro atoms. The second-order valence-electron chi connectivity index (χ2n) is 4.71. The fourth-order valence-electron chi connectivity index (χ4n) is 2.36. The fraction of sp³-hybridized carbons (Fsp3) is 1.00. The highest BCUT2D eigenvalue weighted by Crippen LogP contribution is 1.99. The lowest BCUT2D eigenvalue weighted by Gasteiger charge is -2.27. The van der Waals surface area contributed by atoms with Gasteiger partial charge in [0, 0.05) is 26.2 Å². The molecule has 0 bridgehead atoms. The van der Waals surface area contributed by atoms with Gasteiger partial charge >= 0.3 is 0 Å². The molecule has 0 amide bonds. The molecule has 3 nitrogen and oxygen atoms in total. The summed E-state index contributed by atoms with van der Waals surface area (Å²) in [6.45, 7) is 14.1. The maximum Gasteiger partial charge on any atom is 0.0261 e. The van der Waals surface area contributed by atoms with Gasteiger partial charge < -0.3 is 9.80 Å². The van der Waals surface area contributed by atoms with Crippen LogP contribution in [0.1, 0.15) is 33.1 Å². The molecule has 0 N–H and O–H groups in total. The van der Waals surface area contributed by atoms with E-state index in [4.69, 9.17) is 0 Å². The van der Waals surface area contributed by atoms with Gasteiger partial charge in [-0.1, -0.05) is 13.8 Å². The normalized spacial score (nSPS) is 18.2. The molecular formula is C13H28N3. The van der Waals surface area contributed by atoms with E-state index in [0.29, 0.717) is 0 Å². The summed E-state index contributed by atoms with van der Waals surface area (Å²) in [6, 6.07) is 0. The summed E-state index contributed by atoms with van der Waals surface area (Å²) < 4.78 is 0. The van der Waals surface area contributed by atoms with Crippen LogP contribution >= 0.6 is 0 Å². The van der Waals surface area contributed by atoms with E-state index in [1.165, 1.54) is 58.5 Å². The molecule has 1 fully saturated rings. The van der Waals surface area contributed by atoms with Crippen LogP contribution in [-0.2, 0) is 0 Å². The molecule has 0 saturated carbocycles. The highest BCUT2D eigenvalue weighted by atomic mass is 15.2. The van der Waals surface area contributed by atoms with Crippen molar-refractivity contribution in [2.75, 3.05) is 52.4 Å². The topological polar surface area (TPSA) is 20.6 Å². The first-order valence-electron chi connectivity index (χ1n) is 6.94. The van der Waals surface area contributed by atoms with Crippen LogP contribution in [0.4, 0.5) is 0 Å². The zero-order valence-electron chi connectivity index (χ0n) is 11.1. The van der Waals surface area contributed by atoms with Crippen LogP contribution in [-0.4, -0.2) is 62.2 Å². The van der Waals surface area contributed by atoms with Crippen molar-refractivity contribution in [1.82, 2.24) is 15.1 Å². The van der Waals surface area contributed by atoms with Gasteiger partial charge in [-0.3, -0.25) is 0 Å². The van der Waals surface area contributed by atoms with Crippen LogP contribution in [0.3, 0.4) is 0 Å². The molecule has 1 rings (SSSR count). The Morgan fingerprint density at radius 3 is 2.19 bits per heavy atom. The first kappa shape index (κ1) is 13.9. The van der Waals surface area contributed by atoms with E-state index in [9.17, 15) is 0 Å². The SMILES string of the molecule is CCCN(CCC)CCCN1CC[N]CC1. The van der Waals surface area contributed by atoms with Gasteiger partial charge in [-0.05, 0) is 45.4 Å². The van der Waals surface area contributed by atoms with Crippen LogP contribution in [0, 0.1) is 0 Å². The van der Waals surface area contributed by atoms with E-state index in [2.05, 4.69) is 29.0 Å². The third kappa shape index (κ3) is 5.83. The molecular weight excluding hydrogens is 198 g/mol. The lowest BCUT2D eigenvalue weighted by Crippen LogP contribution is -2.41. The minimum Gasteiger partial charge on any atom is -0.303 e. The van der Waals surface area contributed by atoms with Crippen molar-refractivity contribution >= 4 is 0 Å². The van der Waals surface area contributed by atoms with Crippen molar-refractivity contribution in [3.8, 4) is 0 Å². The Morgan fingerprint density at radius 1 is 1.00 bits per heavy atom. The number of hydrogen-bond acceptors (Lipinski definition) is 2. The maximum atomic E-state index is 4.38. The first-order valence-corrected chi connectivity index (χ1v) is 6.94. The minimum absolute atomic E-state index is 1.05. The van der Waals surface area contributed by atoms with Crippen molar-refractivity contribution in [2.45, 2.75) is 33.1 Å². The lowest BCUT2D eigenvalue weighted by atomic mass is 10.3. The largest absolute Gasteiger partial charge is 0.303 e. The van der Waals surface area contributed by atoms with Gasteiger partial charge in [-0.15, -0.1) is 0 Å². The van der Waals surface area contributed by atoms with Gasteiger partial charge in [0.05, 0.1) is 0 Å². The molecule has 1 aliphatic rings. The Balaban J connectivity index is 2.06. The summed E-state index contributed by atoms with van der Waals surface area (Å²) in [5.41, 5.74) is 0. The van der Waals surface area contributed by atoms with E-state index in [0.717, 1.165) is 13.1 Å². The lowest BCUT2D eigenvalue weighted by molar-refractivity contribution is 0.208. The van der Waals surface area contributed by atoms with Gasteiger partial charge in [0.2, 0.25) is 0 Å². The standard InChI is InChI=1S/C13H28N3/c1-3-8-15(9-4-2)10-5-11-16-12-6-14-7-13-16/h3-13H2,1-2H3. The van der Waals surface area contributed by atoms with E-state index in [1.54, 1.807) is 0 Å². The Labute approximate surface area is 101 Å². The number of hydrogen-bond donors (Lipinski definition) is 0. The summed E-state index contributed by atoms with van der Waals surface area (Å²) >= 11 is 0. The number of piperazine rings is 1. The fourth-order valence-corrected chi connectivity index (χ4v) is 2.36. The van der Waals surface area contributed by atoms with Gasteiger partial charge in [0.1, 0.15) is 0 Å². The summed E-state index contributed by atoms with van der Waals surface area (Å²) in [5, 5.41) is 4.38. The average Bonchev–Trinajstić information content (AvgIpc) is 2.31. The summed E-state index contributed by atoms with van der Waals surface area (Å²) in [7, 11) is 0. The van der Waals surface area contributed by atoms with Crippen LogP contribution in [0.5, 0.6) is 0 Å². The Kier molecular flexibility index (Phi) is 7.81. The molecule has 3 heteroatoms. The van der Waals surface area contributed by atoms with Crippen LogP contribution in [0.2, 0.25) is 0 Å². The van der Waals surface area contributed by atoms with E-state index < -0.39 is 0 Å². The van der Waals surface area contributed by atoms with Crippen LogP contribution in [0.25, 0.3) is 0 Å². The highest BCUT2D eigenvalue weighted by Gasteiger charge is 2.10. The Hall–Kier alpha value is -0.120. The van der Waals surface area contributed by atoms with Gasteiger partial charge in [-0.2, -0.15) is 0 Å². The maximum absolute atomic E-state index is 4.38. The zero-order valence-corrected chi connectivity index (χ0v) is 11.1. The van der Waals surface area contributed by atoms with Crippen molar-refractivity contribution < 1.29 is 0 Å². The van der Waals surface area contributed by atoms with Crippen molar-refractivity contribution in [1.29, 1.82) is 0 Å². The molecule has 0 atom stereocenters. The molecule has 0 aromatic heterocycles. The molecule has 0 aromatic rings. The molecule has 0 unspecified atom stereocenters. The molecule has 16 heavy (non-hydrogen) atoms. The smallest absolute Gasteiger partial charge is 0.0261 e. The molecule has 1 heterocycles. The van der Waals surface area contributed by atoms with E-state index in [-0.39, 0.29) is 0 Å². The summed E-state index contributed by atoms with van der Waals surface area (Å²) in [4.78, 5) is 5.16. The van der Waals surface area contributed by atoms with Crippen molar-refractivity contribution in [2.24, 2.45) is 0 Å². The molecule has 0 aliphatic carbocycles. The monoisotopic (exact) mass is 226 g/mol. The van der Waals surface area contributed by atoms with Gasteiger partial charge in [0.25, 0.3) is 0 Å². The van der Waals surface area contributed by atoms with E-state index in [1.807, 2.05) is 0 Å². The first-order chi connectivity index (χ1) is 7.86. The van der Waals surface area contributed by atoms with Crippen LogP contribution < -0.4 is 5.32 Å². The third-order valence-corrected chi connectivity index (χ3v) is 3.18. The molecule has 1 saturated heterocycles. The van der Waals surface area contributed by atoms with Gasteiger partial charge in [-0.25, -0.2) is 5.32 Å². The van der Waals surface area contributed by atoms with Gasteiger partial charge in [0.15, 0.2) is 0 Å². The molecule has 1 radical (unpaired) electrons. The molecule has 95 valence electrons. The number of nitrogens with zero attached hydrogens (tertiary/aromatic N) is 3. The summed E-state index contributed by atoms with van der Waals surface area (Å²) in [6.07, 6.45) is 3.88. The molecule has 0 aromatic carbocycles. The molecule has 1 aliphatic heterocycles. The predicted molar refractivity (Wildman–Crippen MR) is 69.9 cm³/mol. The quantitative estimate of drug-likeness (QED) is 0.624. The van der Waals surface area contributed by atoms with E-state index >= 15 is 0 Å². The van der Waals surface area contributed by atoms with Crippen LogP contribution in [0.15, 0.2) is 0 Å². The second kappa shape index (κ2) is 8.97. The predicted octanol–water partition coefficient (Wildman–Crippen LogP) is 1.42. The minimum atomic E-state index is 1.05. The zero-order chi connectivity index (χ0) is 11.6. The second-order valence-corrected chi connectivity index (χ2v) is 4.71. The third-order valence-electron chi connectivity index (χ3n) is 3.18. The Bertz CT molecular complexity index is 149. The average molecular weight is 226 g/mol. The van der Waals surface area contributed by atoms with Crippen molar-refractivity contribution in [3.05, 3.63) is 0 Å². The van der Waals surface area contributed by atoms with Crippen molar-refractivity contribution in [3.63, 3.8) is 0 Å². The highest BCUT2D eigenvalue weighted by molar-refractivity contribution is 4.68. The summed E-state index contributed by atoms with van der Waals surface area (Å²) in [5.74, 6) is 0. The number of rotatable bonds is 8.